The van der Waals surface area contributed by atoms with Crippen molar-refractivity contribution in [2.24, 2.45) is 11.8 Å². The summed E-state index contributed by atoms with van der Waals surface area (Å²) in [5, 5.41) is 18.9. The van der Waals surface area contributed by atoms with Gasteiger partial charge in [-0.1, -0.05) is 26.0 Å². The van der Waals surface area contributed by atoms with E-state index >= 15 is 0 Å². The maximum absolute atomic E-state index is 13.9. The van der Waals surface area contributed by atoms with Crippen LogP contribution in [0.1, 0.15) is 37.2 Å². The van der Waals surface area contributed by atoms with E-state index in [1.54, 1.807) is 22.9 Å². The van der Waals surface area contributed by atoms with Gasteiger partial charge in [-0.25, -0.2) is 17.9 Å². The van der Waals surface area contributed by atoms with Crippen LogP contribution in [0.5, 0.6) is 17.2 Å². The number of benzene rings is 2. The number of aromatic nitrogens is 2. The smallest absolute Gasteiger partial charge is 0.407 e. The summed E-state index contributed by atoms with van der Waals surface area (Å²) >= 11 is 0. The van der Waals surface area contributed by atoms with Crippen LogP contribution in [-0.4, -0.2) is 91.3 Å². The van der Waals surface area contributed by atoms with E-state index in [1.165, 1.54) is 16.4 Å². The zero-order valence-corrected chi connectivity index (χ0v) is 28.9. The summed E-state index contributed by atoms with van der Waals surface area (Å²) in [4.78, 5) is 13.3. The summed E-state index contributed by atoms with van der Waals surface area (Å²) in [5.41, 5.74) is 2.67. The number of amides is 1. The second kappa shape index (κ2) is 14.9. The lowest BCUT2D eigenvalue weighted by Crippen LogP contribution is -2.51. The number of sulfonamides is 1. The van der Waals surface area contributed by atoms with Crippen LogP contribution in [0.2, 0.25) is 0 Å². The Balaban J connectivity index is 1.18. The average Bonchev–Trinajstić information content (AvgIpc) is 3.86. The molecule has 3 aliphatic rings. The standard InChI is InChI=1S/C34H44N4O10S/c1-21(2)16-37(49(41,42)26-9-10-30-31(15-26)47-20-46-30)17-29(39)28(35-34(40)48-32-18-44-33-27(32)11-12-43-33)14-24-5-7-25(8-6-24)45-19-38-23(4)13-22(3)36-38/h5-10,13,15,21,27-29,32-33,39H,11-12,14,16-20H2,1-4H3,(H,35,40). The SMILES string of the molecule is Cc1cc(C)n(COc2ccc(CC(NC(=O)OC3COC4OCCC34)C(O)CN(CC(C)C)S(=O)(=O)c3ccc4c(c3)OCO4)cc2)n1. The third-order valence-corrected chi connectivity index (χ3v) is 10.6. The Hall–Kier alpha value is -3.89. The summed E-state index contributed by atoms with van der Waals surface area (Å²) in [6, 6.07) is 12.8. The third-order valence-electron chi connectivity index (χ3n) is 8.79. The first-order valence-electron chi connectivity index (χ1n) is 16.5. The second-order valence-corrected chi connectivity index (χ2v) is 15.0. The van der Waals surface area contributed by atoms with E-state index in [0.717, 1.165) is 17.0 Å². The number of hydrogen-bond acceptors (Lipinski definition) is 11. The van der Waals surface area contributed by atoms with Gasteiger partial charge in [0.2, 0.25) is 16.8 Å². The molecule has 1 amide bonds. The molecule has 2 saturated heterocycles. The lowest BCUT2D eigenvalue weighted by atomic mass is 10.0. The predicted octanol–water partition coefficient (Wildman–Crippen LogP) is 3.37. The van der Waals surface area contributed by atoms with Gasteiger partial charge in [0.05, 0.1) is 41.9 Å². The molecule has 0 bridgehead atoms. The van der Waals surface area contributed by atoms with Crippen molar-refractivity contribution in [3.05, 3.63) is 65.5 Å². The van der Waals surface area contributed by atoms with Crippen molar-refractivity contribution in [2.75, 3.05) is 33.1 Å². The molecule has 0 saturated carbocycles. The fourth-order valence-corrected chi connectivity index (χ4v) is 7.91. The monoisotopic (exact) mass is 700 g/mol. The predicted molar refractivity (Wildman–Crippen MR) is 176 cm³/mol. The van der Waals surface area contributed by atoms with E-state index in [0.29, 0.717) is 30.3 Å². The number of nitrogens with zero attached hydrogens (tertiary/aromatic N) is 3. The number of carbonyl (C=O) groups excluding carboxylic acids is 1. The second-order valence-electron chi connectivity index (χ2n) is 13.1. The Morgan fingerprint density at radius 3 is 2.59 bits per heavy atom. The van der Waals surface area contributed by atoms with E-state index < -0.39 is 40.7 Å². The fraction of sp³-hybridized carbons (Fsp3) is 0.529. The molecule has 4 heterocycles. The van der Waals surface area contributed by atoms with Gasteiger partial charge in [0, 0.05) is 24.8 Å². The summed E-state index contributed by atoms with van der Waals surface area (Å²) in [6.45, 7) is 8.51. The number of hydrogen-bond donors (Lipinski definition) is 2. The molecular weight excluding hydrogens is 656 g/mol. The van der Waals surface area contributed by atoms with Crippen LogP contribution in [-0.2, 0) is 37.4 Å². The molecule has 15 heteroatoms. The number of nitrogens with one attached hydrogen (secondary N) is 1. The topological polar surface area (TPSA) is 160 Å². The molecule has 3 aliphatic heterocycles. The number of aliphatic hydroxyl groups excluding tert-OH is 1. The van der Waals surface area contributed by atoms with Gasteiger partial charge >= 0.3 is 6.09 Å². The van der Waals surface area contributed by atoms with E-state index in [-0.39, 0.29) is 56.4 Å². The highest BCUT2D eigenvalue weighted by Crippen LogP contribution is 2.35. The Morgan fingerprint density at radius 1 is 1.08 bits per heavy atom. The van der Waals surface area contributed by atoms with Gasteiger partial charge < -0.3 is 38.8 Å². The minimum atomic E-state index is -4.07. The van der Waals surface area contributed by atoms with Crippen LogP contribution in [0.4, 0.5) is 4.79 Å². The summed E-state index contributed by atoms with van der Waals surface area (Å²) in [5.74, 6) is 1.29. The molecule has 2 N–H and O–H groups in total. The van der Waals surface area contributed by atoms with E-state index in [2.05, 4.69) is 10.4 Å². The fourth-order valence-electron chi connectivity index (χ4n) is 6.27. The molecule has 2 fully saturated rings. The average molecular weight is 701 g/mol. The molecule has 2 aromatic carbocycles. The third kappa shape index (κ3) is 8.29. The van der Waals surface area contributed by atoms with Crippen molar-refractivity contribution in [1.82, 2.24) is 19.4 Å². The van der Waals surface area contributed by atoms with Crippen LogP contribution >= 0.6 is 0 Å². The van der Waals surface area contributed by atoms with Gasteiger partial charge in [0.15, 0.2) is 24.5 Å². The molecule has 266 valence electrons. The van der Waals surface area contributed by atoms with Crippen molar-refractivity contribution in [3.63, 3.8) is 0 Å². The minimum absolute atomic E-state index is 0.00886. The van der Waals surface area contributed by atoms with Crippen LogP contribution in [0.3, 0.4) is 0 Å². The summed E-state index contributed by atoms with van der Waals surface area (Å²) in [6.07, 6.45) is -2.03. The zero-order chi connectivity index (χ0) is 34.7. The van der Waals surface area contributed by atoms with Gasteiger partial charge in [0.25, 0.3) is 0 Å². The van der Waals surface area contributed by atoms with Gasteiger partial charge in [-0.15, -0.1) is 0 Å². The maximum Gasteiger partial charge on any atom is 0.407 e. The number of carbonyl (C=O) groups is 1. The molecule has 14 nitrogen and oxygen atoms in total. The first kappa shape index (κ1) is 35.0. The Labute approximate surface area is 286 Å². The molecule has 5 atom stereocenters. The summed E-state index contributed by atoms with van der Waals surface area (Å²) in [7, 11) is -4.07. The quantitative estimate of drug-likeness (QED) is 0.254. The Bertz CT molecular complexity index is 1710. The highest BCUT2D eigenvalue weighted by Gasteiger charge is 2.44. The van der Waals surface area contributed by atoms with Crippen molar-refractivity contribution in [2.45, 2.75) is 76.7 Å². The van der Waals surface area contributed by atoms with Gasteiger partial charge in [0.1, 0.15) is 11.9 Å². The van der Waals surface area contributed by atoms with Crippen LogP contribution in [0.25, 0.3) is 0 Å². The van der Waals surface area contributed by atoms with Crippen molar-refractivity contribution in [3.8, 4) is 17.2 Å². The first-order valence-corrected chi connectivity index (χ1v) is 17.9. The van der Waals surface area contributed by atoms with Crippen molar-refractivity contribution in [1.29, 1.82) is 0 Å². The summed E-state index contributed by atoms with van der Waals surface area (Å²) < 4.78 is 64.4. The number of rotatable bonds is 14. The molecule has 5 unspecified atom stereocenters. The highest BCUT2D eigenvalue weighted by molar-refractivity contribution is 7.89. The van der Waals surface area contributed by atoms with Gasteiger partial charge in [-0.2, -0.15) is 9.40 Å². The molecule has 1 aromatic heterocycles. The van der Waals surface area contributed by atoms with Crippen LogP contribution in [0, 0.1) is 25.7 Å². The number of aryl methyl sites for hydroxylation is 2. The molecule has 6 rings (SSSR count). The van der Waals surface area contributed by atoms with Crippen molar-refractivity contribution < 1.29 is 46.7 Å². The van der Waals surface area contributed by atoms with Gasteiger partial charge in [-0.3, -0.25) is 0 Å². The number of alkyl carbamates (subject to hydrolysis) is 1. The largest absolute Gasteiger partial charge is 0.471 e. The van der Waals surface area contributed by atoms with E-state index in [4.69, 9.17) is 28.4 Å². The minimum Gasteiger partial charge on any atom is -0.471 e. The lowest BCUT2D eigenvalue weighted by molar-refractivity contribution is -0.0907. The molecule has 49 heavy (non-hydrogen) atoms. The molecular formula is C34H44N4O10S. The molecule has 0 radical (unpaired) electrons. The van der Waals surface area contributed by atoms with E-state index in [1.807, 2.05) is 45.9 Å². The normalized spacial score (nSPS) is 21.2. The number of fused-ring (bicyclic) bond motifs is 2. The molecule has 0 aliphatic carbocycles. The first-order chi connectivity index (χ1) is 23.5. The van der Waals surface area contributed by atoms with Crippen LogP contribution in [0.15, 0.2) is 53.4 Å². The lowest BCUT2D eigenvalue weighted by Gasteiger charge is -2.31. The van der Waals surface area contributed by atoms with Crippen molar-refractivity contribution >= 4 is 16.1 Å². The zero-order valence-electron chi connectivity index (χ0n) is 28.1. The van der Waals surface area contributed by atoms with Crippen LogP contribution < -0.4 is 19.5 Å². The Kier molecular flexibility index (Phi) is 10.6. The highest BCUT2D eigenvalue weighted by atomic mass is 32.2. The maximum atomic E-state index is 13.9. The Morgan fingerprint density at radius 2 is 1.86 bits per heavy atom. The molecule has 0 spiro atoms. The number of ether oxygens (including phenoxy) is 6. The van der Waals surface area contributed by atoms with Gasteiger partial charge in [-0.05, 0) is 68.5 Å². The number of aliphatic hydroxyl groups is 1. The molecule has 3 aromatic rings. The van der Waals surface area contributed by atoms with E-state index in [9.17, 15) is 18.3 Å².